The number of amides is 3. The number of aromatic nitrogens is 1. The number of rotatable bonds is 4. The summed E-state index contributed by atoms with van der Waals surface area (Å²) in [5.41, 5.74) is 1.34. The molecule has 0 aliphatic rings. The molecule has 2 aromatic rings. The number of nitrogens with one attached hydrogen (secondary N) is 3. The van der Waals surface area contributed by atoms with Gasteiger partial charge in [-0.3, -0.25) is 10.1 Å². The normalized spacial score (nSPS) is 9.95. The first-order chi connectivity index (χ1) is 9.19. The lowest BCUT2D eigenvalue weighted by Gasteiger charge is -2.03. The van der Waals surface area contributed by atoms with E-state index >= 15 is 0 Å². The van der Waals surface area contributed by atoms with Gasteiger partial charge in [0.1, 0.15) is 5.69 Å². The highest BCUT2D eigenvalue weighted by Gasteiger charge is 2.10. The van der Waals surface area contributed by atoms with Crippen LogP contribution in [0.3, 0.4) is 0 Å². The molecule has 6 nitrogen and oxygen atoms in total. The van der Waals surface area contributed by atoms with Crippen molar-refractivity contribution in [3.8, 4) is 0 Å². The zero-order valence-corrected chi connectivity index (χ0v) is 11.7. The van der Waals surface area contributed by atoms with Crippen LogP contribution in [0.5, 0.6) is 0 Å². The third-order valence-electron chi connectivity index (χ3n) is 2.22. The molecule has 3 amide bonds. The van der Waals surface area contributed by atoms with Gasteiger partial charge in [0, 0.05) is 19.0 Å². The monoisotopic (exact) mass is 296 g/mol. The third kappa shape index (κ3) is 3.76. The fourth-order valence-corrected chi connectivity index (χ4v) is 2.63. The maximum atomic E-state index is 11.6. The van der Waals surface area contributed by atoms with Gasteiger partial charge in [0.05, 0.1) is 0 Å². The van der Waals surface area contributed by atoms with Crippen LogP contribution in [0.4, 0.5) is 9.93 Å². The quantitative estimate of drug-likeness (QED) is 0.805. The van der Waals surface area contributed by atoms with Crippen molar-refractivity contribution in [2.45, 2.75) is 6.54 Å². The van der Waals surface area contributed by atoms with Gasteiger partial charge in [-0.05, 0) is 22.4 Å². The largest absolute Gasteiger partial charge is 0.354 e. The Labute approximate surface area is 117 Å². The third-order valence-corrected chi connectivity index (χ3v) is 3.71. The van der Waals surface area contributed by atoms with E-state index in [-0.39, 0.29) is 11.9 Å². The molecule has 0 fully saturated rings. The van der Waals surface area contributed by atoms with Crippen LogP contribution in [0.15, 0.2) is 22.2 Å². The molecule has 3 N–H and O–H groups in total. The van der Waals surface area contributed by atoms with Crippen molar-refractivity contribution in [2.75, 3.05) is 12.4 Å². The molecule has 0 atom stereocenters. The molecule has 2 heterocycles. The Morgan fingerprint density at radius 2 is 2.21 bits per heavy atom. The fraction of sp³-hybridized carbons (Fsp3) is 0.182. The van der Waals surface area contributed by atoms with Crippen LogP contribution in [-0.4, -0.2) is 24.0 Å². The zero-order valence-electron chi connectivity index (χ0n) is 10.1. The van der Waals surface area contributed by atoms with Crippen LogP contribution in [0.1, 0.15) is 16.1 Å². The van der Waals surface area contributed by atoms with E-state index in [4.69, 9.17) is 0 Å². The molecule has 0 aromatic carbocycles. The lowest BCUT2D eigenvalue weighted by atomic mass is 10.3. The number of urea groups is 1. The SMILES string of the molecule is CNC(=O)c1csc(NC(=O)NCc2ccsc2)n1. The molecule has 0 saturated heterocycles. The van der Waals surface area contributed by atoms with E-state index in [2.05, 4.69) is 20.9 Å². The molecule has 0 unspecified atom stereocenters. The van der Waals surface area contributed by atoms with E-state index in [1.165, 1.54) is 18.4 Å². The maximum Gasteiger partial charge on any atom is 0.321 e. The summed E-state index contributed by atoms with van der Waals surface area (Å²) in [5.74, 6) is -0.275. The van der Waals surface area contributed by atoms with Crippen LogP contribution in [0, 0.1) is 0 Å². The Morgan fingerprint density at radius 1 is 1.37 bits per heavy atom. The van der Waals surface area contributed by atoms with E-state index in [1.54, 1.807) is 16.7 Å². The summed E-state index contributed by atoms with van der Waals surface area (Å²) in [6, 6.07) is 1.60. The second-order valence-corrected chi connectivity index (χ2v) is 5.19. The smallest absolute Gasteiger partial charge is 0.321 e. The van der Waals surface area contributed by atoms with E-state index < -0.39 is 0 Å². The minimum atomic E-state index is -0.344. The van der Waals surface area contributed by atoms with Gasteiger partial charge in [-0.15, -0.1) is 11.3 Å². The summed E-state index contributed by atoms with van der Waals surface area (Å²) in [6.07, 6.45) is 0. The molecular formula is C11H12N4O2S2. The summed E-state index contributed by atoms with van der Waals surface area (Å²) in [4.78, 5) is 26.9. The zero-order chi connectivity index (χ0) is 13.7. The van der Waals surface area contributed by atoms with Crippen molar-refractivity contribution in [2.24, 2.45) is 0 Å². The van der Waals surface area contributed by atoms with Gasteiger partial charge in [-0.1, -0.05) is 0 Å². The second-order valence-electron chi connectivity index (χ2n) is 3.56. The lowest BCUT2D eigenvalue weighted by Crippen LogP contribution is -2.28. The van der Waals surface area contributed by atoms with Crippen molar-refractivity contribution < 1.29 is 9.59 Å². The number of carbonyl (C=O) groups excluding carboxylic acids is 2. The van der Waals surface area contributed by atoms with E-state index in [9.17, 15) is 9.59 Å². The first-order valence-electron chi connectivity index (χ1n) is 5.42. The fourth-order valence-electron chi connectivity index (χ4n) is 1.28. The molecule has 19 heavy (non-hydrogen) atoms. The van der Waals surface area contributed by atoms with Gasteiger partial charge in [0.15, 0.2) is 5.13 Å². The van der Waals surface area contributed by atoms with Gasteiger partial charge in [-0.25, -0.2) is 9.78 Å². The molecule has 0 aliphatic heterocycles. The summed E-state index contributed by atoms with van der Waals surface area (Å²) < 4.78 is 0. The second kappa shape index (κ2) is 6.30. The van der Waals surface area contributed by atoms with Crippen LogP contribution < -0.4 is 16.0 Å². The number of carbonyl (C=O) groups is 2. The van der Waals surface area contributed by atoms with Crippen molar-refractivity contribution in [1.29, 1.82) is 0 Å². The Kier molecular flexibility index (Phi) is 4.48. The van der Waals surface area contributed by atoms with Gasteiger partial charge in [-0.2, -0.15) is 11.3 Å². The highest BCUT2D eigenvalue weighted by atomic mass is 32.1. The molecule has 0 aliphatic carbocycles. The Hall–Kier alpha value is -1.93. The molecule has 0 saturated carbocycles. The highest BCUT2D eigenvalue weighted by molar-refractivity contribution is 7.14. The standard InChI is InChI=1S/C11H12N4O2S2/c1-12-9(16)8-6-19-11(14-8)15-10(17)13-4-7-2-3-18-5-7/h2-3,5-6H,4H2,1H3,(H,12,16)(H2,13,14,15,17). The Balaban J connectivity index is 1.85. The number of hydrogen-bond acceptors (Lipinski definition) is 5. The Bertz CT molecular complexity index is 565. The van der Waals surface area contributed by atoms with Gasteiger partial charge < -0.3 is 10.6 Å². The Morgan fingerprint density at radius 3 is 2.89 bits per heavy atom. The molecule has 0 bridgehead atoms. The van der Waals surface area contributed by atoms with Crippen molar-refractivity contribution >= 4 is 39.7 Å². The minimum absolute atomic E-state index is 0.275. The highest BCUT2D eigenvalue weighted by Crippen LogP contribution is 2.15. The maximum absolute atomic E-state index is 11.6. The molecule has 0 radical (unpaired) electrons. The molecule has 0 spiro atoms. The average Bonchev–Trinajstić information content (AvgIpc) is 3.06. The first kappa shape index (κ1) is 13.5. The number of hydrogen-bond donors (Lipinski definition) is 3. The molecule has 2 rings (SSSR count). The summed E-state index contributed by atoms with van der Waals surface area (Å²) >= 11 is 2.78. The van der Waals surface area contributed by atoms with Crippen LogP contribution in [-0.2, 0) is 6.54 Å². The number of thiophene rings is 1. The van der Waals surface area contributed by atoms with Gasteiger partial charge >= 0.3 is 6.03 Å². The molecule has 100 valence electrons. The molecular weight excluding hydrogens is 284 g/mol. The van der Waals surface area contributed by atoms with Crippen molar-refractivity contribution in [3.05, 3.63) is 33.5 Å². The van der Waals surface area contributed by atoms with E-state index in [0.717, 1.165) is 5.56 Å². The van der Waals surface area contributed by atoms with Crippen molar-refractivity contribution in [3.63, 3.8) is 0 Å². The first-order valence-corrected chi connectivity index (χ1v) is 7.25. The predicted octanol–water partition coefficient (Wildman–Crippen LogP) is 1.89. The van der Waals surface area contributed by atoms with Gasteiger partial charge in [0.25, 0.3) is 5.91 Å². The predicted molar refractivity (Wildman–Crippen MR) is 75.7 cm³/mol. The number of thiazole rings is 1. The average molecular weight is 296 g/mol. The van der Waals surface area contributed by atoms with Crippen LogP contribution >= 0.6 is 22.7 Å². The van der Waals surface area contributed by atoms with Crippen LogP contribution in [0.2, 0.25) is 0 Å². The number of anilines is 1. The topological polar surface area (TPSA) is 83.1 Å². The minimum Gasteiger partial charge on any atom is -0.354 e. The van der Waals surface area contributed by atoms with Crippen LogP contribution in [0.25, 0.3) is 0 Å². The van der Waals surface area contributed by atoms with Gasteiger partial charge in [0.2, 0.25) is 0 Å². The molecule has 2 aromatic heterocycles. The summed E-state index contributed by atoms with van der Waals surface area (Å²) in [7, 11) is 1.53. The summed E-state index contributed by atoms with van der Waals surface area (Å²) in [6.45, 7) is 0.461. The number of nitrogens with zero attached hydrogens (tertiary/aromatic N) is 1. The summed E-state index contributed by atoms with van der Waals surface area (Å²) in [5, 5.41) is 13.7. The lowest BCUT2D eigenvalue weighted by molar-refractivity contribution is 0.0959. The molecule has 8 heteroatoms. The van der Waals surface area contributed by atoms with E-state index in [1.807, 2.05) is 16.8 Å². The van der Waals surface area contributed by atoms with E-state index in [0.29, 0.717) is 17.4 Å². The van der Waals surface area contributed by atoms with Crippen molar-refractivity contribution in [1.82, 2.24) is 15.6 Å².